The SMILES string of the molecule is COCCn1nnnc1C(c1ccc(Cl)cc1)N1CCN2CCCC2C1.Cl. The van der Waals surface area contributed by atoms with Crippen molar-refractivity contribution in [1.82, 2.24) is 30.0 Å². The zero-order valence-corrected chi connectivity index (χ0v) is 17.1. The van der Waals surface area contributed by atoms with Crippen molar-refractivity contribution in [3.05, 3.63) is 40.7 Å². The molecule has 2 aliphatic heterocycles. The van der Waals surface area contributed by atoms with Crippen molar-refractivity contribution >= 4 is 24.0 Å². The number of hydrogen-bond acceptors (Lipinski definition) is 6. The van der Waals surface area contributed by atoms with Gasteiger partial charge in [-0.05, 0) is 47.5 Å². The second-order valence-electron chi connectivity index (χ2n) is 7.03. The van der Waals surface area contributed by atoms with Crippen LogP contribution in [0.15, 0.2) is 24.3 Å². The third-order valence-corrected chi connectivity index (χ3v) is 5.73. The van der Waals surface area contributed by atoms with Gasteiger partial charge in [0.25, 0.3) is 0 Å². The van der Waals surface area contributed by atoms with E-state index < -0.39 is 0 Å². The topological polar surface area (TPSA) is 59.3 Å². The predicted octanol–water partition coefficient (Wildman–Crippen LogP) is 2.26. The molecule has 2 aliphatic rings. The van der Waals surface area contributed by atoms with Crippen molar-refractivity contribution in [2.75, 3.05) is 39.9 Å². The van der Waals surface area contributed by atoms with Crippen molar-refractivity contribution < 1.29 is 4.74 Å². The van der Waals surface area contributed by atoms with E-state index in [1.807, 2.05) is 16.8 Å². The molecule has 0 spiro atoms. The minimum Gasteiger partial charge on any atom is -0.383 e. The van der Waals surface area contributed by atoms with Crippen LogP contribution in [0.25, 0.3) is 0 Å². The summed E-state index contributed by atoms with van der Waals surface area (Å²) in [6.45, 7) is 5.63. The molecule has 7 nitrogen and oxygen atoms in total. The van der Waals surface area contributed by atoms with Gasteiger partial charge in [0.15, 0.2) is 5.82 Å². The number of tetrazole rings is 1. The van der Waals surface area contributed by atoms with E-state index in [0.717, 1.165) is 30.5 Å². The molecule has 2 saturated heterocycles. The highest BCUT2D eigenvalue weighted by molar-refractivity contribution is 6.30. The van der Waals surface area contributed by atoms with Gasteiger partial charge in [0.05, 0.1) is 19.2 Å². The molecule has 2 aromatic rings. The Morgan fingerprint density at radius 2 is 2.04 bits per heavy atom. The van der Waals surface area contributed by atoms with Crippen LogP contribution in [0, 0.1) is 0 Å². The van der Waals surface area contributed by atoms with Gasteiger partial charge in [0.2, 0.25) is 0 Å². The van der Waals surface area contributed by atoms with E-state index in [9.17, 15) is 0 Å². The van der Waals surface area contributed by atoms with Crippen molar-refractivity contribution in [3.8, 4) is 0 Å². The number of nitrogens with zero attached hydrogens (tertiary/aromatic N) is 6. The molecule has 27 heavy (non-hydrogen) atoms. The summed E-state index contributed by atoms with van der Waals surface area (Å²) >= 11 is 6.12. The minimum atomic E-state index is 0. The number of ether oxygens (including phenoxy) is 1. The number of fused-ring (bicyclic) bond motifs is 1. The number of hydrogen-bond donors (Lipinski definition) is 0. The second-order valence-corrected chi connectivity index (χ2v) is 7.47. The van der Waals surface area contributed by atoms with Crippen LogP contribution in [-0.4, -0.2) is 75.9 Å². The van der Waals surface area contributed by atoms with E-state index in [-0.39, 0.29) is 18.4 Å². The first-order valence-corrected chi connectivity index (χ1v) is 9.62. The number of methoxy groups -OCH3 is 1. The van der Waals surface area contributed by atoms with Crippen molar-refractivity contribution in [1.29, 1.82) is 0 Å². The van der Waals surface area contributed by atoms with Gasteiger partial charge in [0.1, 0.15) is 0 Å². The molecule has 0 saturated carbocycles. The predicted molar refractivity (Wildman–Crippen MR) is 106 cm³/mol. The highest BCUT2D eigenvalue weighted by Gasteiger charge is 2.36. The number of benzene rings is 1. The summed E-state index contributed by atoms with van der Waals surface area (Å²) in [5, 5.41) is 13.3. The number of rotatable bonds is 6. The standard InChI is InChI=1S/C18H25ClN6O.ClH/c1-26-12-11-25-18(20-21-22-25)17(14-4-6-15(19)7-5-14)24-10-9-23-8-2-3-16(23)13-24;/h4-7,16-17H,2-3,8-13H2,1H3;1H. The maximum atomic E-state index is 6.12. The van der Waals surface area contributed by atoms with Crippen molar-refractivity contribution in [2.24, 2.45) is 0 Å². The van der Waals surface area contributed by atoms with Gasteiger partial charge in [-0.25, -0.2) is 4.68 Å². The summed E-state index contributed by atoms with van der Waals surface area (Å²) in [4.78, 5) is 5.13. The fraction of sp³-hybridized carbons (Fsp3) is 0.611. The first kappa shape index (κ1) is 20.5. The van der Waals surface area contributed by atoms with Gasteiger partial charge in [-0.1, -0.05) is 23.7 Å². The van der Waals surface area contributed by atoms with Crippen molar-refractivity contribution in [2.45, 2.75) is 31.5 Å². The van der Waals surface area contributed by atoms with Gasteiger partial charge >= 0.3 is 0 Å². The smallest absolute Gasteiger partial charge is 0.173 e. The Labute approximate surface area is 171 Å². The van der Waals surface area contributed by atoms with Gasteiger partial charge in [-0.2, -0.15) is 0 Å². The molecule has 4 rings (SSSR count). The lowest BCUT2D eigenvalue weighted by Gasteiger charge is -2.41. The third kappa shape index (κ3) is 4.43. The number of aromatic nitrogens is 4. The normalized spacial score (nSPS) is 21.6. The Morgan fingerprint density at radius 1 is 1.22 bits per heavy atom. The molecule has 9 heteroatoms. The van der Waals surface area contributed by atoms with Crippen LogP contribution in [-0.2, 0) is 11.3 Å². The Bertz CT molecular complexity index is 725. The van der Waals surface area contributed by atoms with Crippen LogP contribution in [0.5, 0.6) is 0 Å². The molecule has 1 aromatic carbocycles. The maximum Gasteiger partial charge on any atom is 0.173 e. The van der Waals surface area contributed by atoms with E-state index in [1.54, 1.807) is 7.11 Å². The lowest BCUT2D eigenvalue weighted by Crippen LogP contribution is -2.51. The zero-order chi connectivity index (χ0) is 17.9. The summed E-state index contributed by atoms with van der Waals surface area (Å²) in [7, 11) is 1.69. The molecule has 2 atom stereocenters. The summed E-state index contributed by atoms with van der Waals surface area (Å²) < 4.78 is 7.08. The largest absolute Gasteiger partial charge is 0.383 e. The van der Waals surface area contributed by atoms with E-state index in [1.165, 1.54) is 24.9 Å². The third-order valence-electron chi connectivity index (χ3n) is 5.48. The summed E-state index contributed by atoms with van der Waals surface area (Å²) in [5.74, 6) is 0.871. The Kier molecular flexibility index (Phi) is 7.05. The fourth-order valence-corrected chi connectivity index (χ4v) is 4.29. The van der Waals surface area contributed by atoms with Crippen LogP contribution in [0.1, 0.15) is 30.3 Å². The molecule has 2 unspecified atom stereocenters. The van der Waals surface area contributed by atoms with Gasteiger partial charge in [0, 0.05) is 37.8 Å². The summed E-state index contributed by atoms with van der Waals surface area (Å²) in [6, 6.07) is 8.73. The van der Waals surface area contributed by atoms with Crippen LogP contribution in [0.3, 0.4) is 0 Å². The molecule has 0 amide bonds. The van der Waals surface area contributed by atoms with E-state index in [4.69, 9.17) is 16.3 Å². The molecule has 2 fully saturated rings. The highest BCUT2D eigenvalue weighted by atomic mass is 35.5. The molecule has 148 valence electrons. The Hall–Kier alpha value is -1.25. The Balaban J connectivity index is 0.00000210. The highest BCUT2D eigenvalue weighted by Crippen LogP contribution is 2.32. The van der Waals surface area contributed by atoms with Crippen LogP contribution in [0.4, 0.5) is 0 Å². The fourth-order valence-electron chi connectivity index (χ4n) is 4.16. The average molecular weight is 413 g/mol. The quantitative estimate of drug-likeness (QED) is 0.724. The number of halogens is 2. The number of piperazine rings is 1. The first-order valence-electron chi connectivity index (χ1n) is 9.25. The molecular weight excluding hydrogens is 387 g/mol. The van der Waals surface area contributed by atoms with Gasteiger partial charge in [-0.15, -0.1) is 17.5 Å². The monoisotopic (exact) mass is 412 g/mol. The molecule has 3 heterocycles. The van der Waals surface area contributed by atoms with Crippen LogP contribution < -0.4 is 0 Å². The second kappa shape index (κ2) is 9.30. The summed E-state index contributed by atoms with van der Waals surface area (Å²) in [5.41, 5.74) is 1.18. The van der Waals surface area contributed by atoms with E-state index >= 15 is 0 Å². The maximum absolute atomic E-state index is 6.12. The van der Waals surface area contributed by atoms with Crippen molar-refractivity contribution in [3.63, 3.8) is 0 Å². The first-order chi connectivity index (χ1) is 12.8. The Morgan fingerprint density at radius 3 is 2.81 bits per heavy atom. The van der Waals surface area contributed by atoms with E-state index in [0.29, 0.717) is 19.2 Å². The molecule has 0 N–H and O–H groups in total. The van der Waals surface area contributed by atoms with E-state index in [2.05, 4.69) is 37.5 Å². The summed E-state index contributed by atoms with van der Waals surface area (Å²) in [6.07, 6.45) is 2.58. The molecule has 1 aromatic heterocycles. The minimum absolute atomic E-state index is 0. The average Bonchev–Trinajstić information content (AvgIpc) is 3.31. The van der Waals surface area contributed by atoms with Gasteiger partial charge < -0.3 is 4.74 Å². The lowest BCUT2D eigenvalue weighted by atomic mass is 10.0. The molecule has 0 aliphatic carbocycles. The molecule has 0 radical (unpaired) electrons. The van der Waals surface area contributed by atoms with Gasteiger partial charge in [-0.3, -0.25) is 9.80 Å². The zero-order valence-electron chi connectivity index (χ0n) is 15.5. The van der Waals surface area contributed by atoms with Crippen LogP contribution >= 0.6 is 24.0 Å². The molecular formula is C18H26Cl2N6O. The lowest BCUT2D eigenvalue weighted by molar-refractivity contribution is 0.0785. The van der Waals surface area contributed by atoms with Crippen LogP contribution in [0.2, 0.25) is 5.02 Å². The molecule has 0 bridgehead atoms.